The molecule has 0 aromatic carbocycles. The van der Waals surface area contributed by atoms with E-state index in [4.69, 9.17) is 5.73 Å². The number of halogens is 1. The van der Waals surface area contributed by atoms with Gasteiger partial charge in [-0.15, -0.1) is 0 Å². The first kappa shape index (κ1) is 11.9. The molecule has 0 amide bonds. The second kappa shape index (κ2) is 6.46. The molecule has 1 nitrogen and oxygen atoms in total. The molecule has 0 aromatic rings. The van der Waals surface area contributed by atoms with Crippen molar-refractivity contribution in [2.45, 2.75) is 26.7 Å². The van der Waals surface area contributed by atoms with Crippen molar-refractivity contribution in [2.24, 2.45) is 11.7 Å². The molecule has 13 heavy (non-hydrogen) atoms. The number of hydrogen-bond acceptors (Lipinski definition) is 1. The van der Waals surface area contributed by atoms with Gasteiger partial charge in [0.25, 0.3) is 0 Å². The van der Waals surface area contributed by atoms with Crippen molar-refractivity contribution in [3.05, 3.63) is 36.3 Å². The summed E-state index contributed by atoms with van der Waals surface area (Å²) < 4.78 is 12.1. The van der Waals surface area contributed by atoms with Gasteiger partial charge >= 0.3 is 0 Å². The summed E-state index contributed by atoms with van der Waals surface area (Å²) in [4.78, 5) is 0. The lowest BCUT2D eigenvalue weighted by atomic mass is 9.92. The fourth-order valence-corrected chi connectivity index (χ4v) is 1.38. The molecule has 0 rings (SSSR count). The predicted octanol–water partition coefficient (Wildman–Crippen LogP) is 3.30. The van der Waals surface area contributed by atoms with Gasteiger partial charge in [0.15, 0.2) is 0 Å². The van der Waals surface area contributed by atoms with Gasteiger partial charge in [-0.1, -0.05) is 20.4 Å². The van der Waals surface area contributed by atoms with Gasteiger partial charge in [-0.3, -0.25) is 0 Å². The van der Waals surface area contributed by atoms with Gasteiger partial charge in [0.1, 0.15) is 0 Å². The maximum atomic E-state index is 12.1. The smallest absolute Gasteiger partial charge is 0.0870 e. The first-order valence-electron chi connectivity index (χ1n) is 4.60. The molecule has 0 atom stereocenters. The summed E-state index contributed by atoms with van der Waals surface area (Å²) in [6, 6.07) is 0. The molecular formula is C11H18FN. The standard InChI is InChI=1S/C11H18FN/c1-4-9(5-2)10(7-8-12)11(13)6-3/h6-9H,3-5,13H2,1-2H3/b8-7+,11-10-. The van der Waals surface area contributed by atoms with Crippen LogP contribution in [0.1, 0.15) is 26.7 Å². The number of rotatable bonds is 5. The molecule has 0 spiro atoms. The Morgan fingerprint density at radius 2 is 2.00 bits per heavy atom. The van der Waals surface area contributed by atoms with Gasteiger partial charge < -0.3 is 5.73 Å². The average Bonchev–Trinajstić information content (AvgIpc) is 2.17. The van der Waals surface area contributed by atoms with Crippen LogP contribution in [0.3, 0.4) is 0 Å². The monoisotopic (exact) mass is 183 g/mol. The lowest BCUT2D eigenvalue weighted by molar-refractivity contribution is 0.576. The van der Waals surface area contributed by atoms with Crippen LogP contribution in [0, 0.1) is 5.92 Å². The number of nitrogens with two attached hydrogens (primary N) is 1. The topological polar surface area (TPSA) is 26.0 Å². The minimum absolute atomic E-state index is 0.324. The molecule has 0 aliphatic carbocycles. The summed E-state index contributed by atoms with van der Waals surface area (Å²) >= 11 is 0. The third kappa shape index (κ3) is 3.45. The third-order valence-electron chi connectivity index (χ3n) is 2.22. The summed E-state index contributed by atoms with van der Waals surface area (Å²) in [5.41, 5.74) is 7.12. The maximum absolute atomic E-state index is 12.1. The Kier molecular flexibility index (Phi) is 5.94. The fourth-order valence-electron chi connectivity index (χ4n) is 1.38. The molecule has 0 saturated heterocycles. The zero-order valence-electron chi connectivity index (χ0n) is 8.39. The van der Waals surface area contributed by atoms with Crippen LogP contribution < -0.4 is 5.73 Å². The third-order valence-corrected chi connectivity index (χ3v) is 2.22. The van der Waals surface area contributed by atoms with Crippen molar-refractivity contribution >= 4 is 0 Å². The van der Waals surface area contributed by atoms with Gasteiger partial charge in [0.05, 0.1) is 6.33 Å². The zero-order valence-corrected chi connectivity index (χ0v) is 8.39. The van der Waals surface area contributed by atoms with Gasteiger partial charge in [0, 0.05) is 5.70 Å². The van der Waals surface area contributed by atoms with E-state index in [9.17, 15) is 4.39 Å². The lowest BCUT2D eigenvalue weighted by Crippen LogP contribution is -2.07. The minimum atomic E-state index is 0.324. The van der Waals surface area contributed by atoms with Crippen LogP contribution in [0.5, 0.6) is 0 Å². The Labute approximate surface area is 79.8 Å². The van der Waals surface area contributed by atoms with Gasteiger partial charge in [-0.05, 0) is 36.5 Å². The van der Waals surface area contributed by atoms with Crippen LogP contribution in [-0.4, -0.2) is 0 Å². The molecule has 0 aromatic heterocycles. The Hall–Kier alpha value is -1.05. The van der Waals surface area contributed by atoms with E-state index in [-0.39, 0.29) is 0 Å². The molecule has 74 valence electrons. The summed E-state index contributed by atoms with van der Waals surface area (Å²) in [5.74, 6) is 0.324. The number of hydrogen-bond donors (Lipinski definition) is 1. The van der Waals surface area contributed by atoms with Crippen molar-refractivity contribution in [3.8, 4) is 0 Å². The SMILES string of the molecule is C=C/C(N)=C(\C=C\F)C(CC)CC. The van der Waals surface area contributed by atoms with Crippen molar-refractivity contribution < 1.29 is 4.39 Å². The Bertz CT molecular complexity index is 212. The van der Waals surface area contributed by atoms with Crippen LogP contribution >= 0.6 is 0 Å². The molecule has 0 heterocycles. The van der Waals surface area contributed by atoms with E-state index >= 15 is 0 Å². The van der Waals surface area contributed by atoms with Crippen LogP contribution in [0.4, 0.5) is 4.39 Å². The summed E-state index contributed by atoms with van der Waals surface area (Å²) in [6.07, 6.45) is 5.45. The van der Waals surface area contributed by atoms with Gasteiger partial charge in [0.2, 0.25) is 0 Å². The van der Waals surface area contributed by atoms with E-state index in [1.165, 1.54) is 6.08 Å². The van der Waals surface area contributed by atoms with E-state index < -0.39 is 0 Å². The molecule has 0 saturated carbocycles. The Morgan fingerprint density at radius 3 is 2.31 bits per heavy atom. The van der Waals surface area contributed by atoms with E-state index in [1.54, 1.807) is 6.08 Å². The van der Waals surface area contributed by atoms with E-state index in [2.05, 4.69) is 20.4 Å². The zero-order chi connectivity index (χ0) is 10.3. The van der Waals surface area contributed by atoms with Crippen LogP contribution in [-0.2, 0) is 0 Å². The molecular weight excluding hydrogens is 165 g/mol. The lowest BCUT2D eigenvalue weighted by Gasteiger charge is -2.15. The predicted molar refractivity (Wildman–Crippen MR) is 55.7 cm³/mol. The van der Waals surface area contributed by atoms with E-state index in [1.807, 2.05) is 0 Å². The fraction of sp³-hybridized carbons (Fsp3) is 0.455. The minimum Gasteiger partial charge on any atom is -0.399 e. The summed E-state index contributed by atoms with van der Waals surface area (Å²) in [5, 5.41) is 0. The van der Waals surface area contributed by atoms with Crippen molar-refractivity contribution in [1.82, 2.24) is 0 Å². The number of allylic oxidation sites excluding steroid dienone is 3. The molecule has 0 bridgehead atoms. The molecule has 2 heteroatoms. The molecule has 0 aliphatic heterocycles. The van der Waals surface area contributed by atoms with Crippen LogP contribution in [0.15, 0.2) is 36.3 Å². The molecule has 0 radical (unpaired) electrons. The van der Waals surface area contributed by atoms with E-state index in [0.29, 0.717) is 17.9 Å². The van der Waals surface area contributed by atoms with Gasteiger partial charge in [-0.25, -0.2) is 4.39 Å². The normalized spacial score (nSPS) is 13.5. The second-order valence-corrected chi connectivity index (χ2v) is 2.92. The highest BCUT2D eigenvalue weighted by Crippen LogP contribution is 2.22. The summed E-state index contributed by atoms with van der Waals surface area (Å²) in [7, 11) is 0. The average molecular weight is 183 g/mol. The first-order valence-corrected chi connectivity index (χ1v) is 4.60. The van der Waals surface area contributed by atoms with Crippen molar-refractivity contribution in [2.75, 3.05) is 0 Å². The highest BCUT2D eigenvalue weighted by molar-refractivity contribution is 5.31. The molecule has 0 fully saturated rings. The van der Waals surface area contributed by atoms with Crippen molar-refractivity contribution in [3.63, 3.8) is 0 Å². The maximum Gasteiger partial charge on any atom is 0.0870 e. The molecule has 0 aliphatic rings. The van der Waals surface area contributed by atoms with Crippen LogP contribution in [0.2, 0.25) is 0 Å². The molecule has 2 N–H and O–H groups in total. The highest BCUT2D eigenvalue weighted by Gasteiger charge is 2.09. The molecule has 0 unspecified atom stereocenters. The Morgan fingerprint density at radius 1 is 1.46 bits per heavy atom. The summed E-state index contributed by atoms with van der Waals surface area (Å²) in [6.45, 7) is 7.71. The van der Waals surface area contributed by atoms with Crippen molar-refractivity contribution in [1.29, 1.82) is 0 Å². The first-order chi connectivity index (χ1) is 6.21. The van der Waals surface area contributed by atoms with Crippen LogP contribution in [0.25, 0.3) is 0 Å². The largest absolute Gasteiger partial charge is 0.399 e. The highest BCUT2D eigenvalue weighted by atomic mass is 19.1. The second-order valence-electron chi connectivity index (χ2n) is 2.92. The van der Waals surface area contributed by atoms with E-state index in [0.717, 1.165) is 18.4 Å². The van der Waals surface area contributed by atoms with Gasteiger partial charge in [-0.2, -0.15) is 0 Å². The quantitative estimate of drug-likeness (QED) is 0.650. The Balaban J connectivity index is 4.88.